The van der Waals surface area contributed by atoms with Crippen LogP contribution in [0.15, 0.2) is 72.6 Å². The molecule has 4 nitrogen and oxygen atoms in total. The molecule has 3 aromatic rings. The molecule has 7 heteroatoms. The van der Waals surface area contributed by atoms with Crippen LogP contribution in [0.2, 0.25) is 0 Å². The predicted molar refractivity (Wildman–Crippen MR) is 105 cm³/mol. The van der Waals surface area contributed by atoms with Crippen molar-refractivity contribution in [2.75, 3.05) is 0 Å². The summed E-state index contributed by atoms with van der Waals surface area (Å²) in [5.74, 6) is 0.0235. The highest BCUT2D eigenvalue weighted by molar-refractivity contribution is 9.10. The number of nitrogens with zero attached hydrogens (tertiary/aromatic N) is 2. The fraction of sp³-hybridized carbons (Fsp3) is 0.111. The van der Waals surface area contributed by atoms with E-state index in [2.05, 4.69) is 37.0 Å². The number of furan rings is 1. The SMILES string of the molecule is O=C(c1ccc(Br)o1)N1N=C(c2cccs2)C[C@@H]1c1ccc(Br)cc1. The zero-order valence-corrected chi connectivity index (χ0v) is 16.8. The molecule has 25 heavy (non-hydrogen) atoms. The molecule has 1 atom stereocenters. The minimum Gasteiger partial charge on any atom is -0.444 e. The fourth-order valence-corrected chi connectivity index (χ4v) is 4.07. The Kier molecular flexibility index (Phi) is 4.62. The fourth-order valence-electron chi connectivity index (χ4n) is 2.78. The summed E-state index contributed by atoms with van der Waals surface area (Å²) in [6.45, 7) is 0. The maximum Gasteiger partial charge on any atom is 0.310 e. The van der Waals surface area contributed by atoms with Gasteiger partial charge in [0.1, 0.15) is 0 Å². The van der Waals surface area contributed by atoms with E-state index in [1.807, 2.05) is 41.8 Å². The smallest absolute Gasteiger partial charge is 0.310 e. The van der Waals surface area contributed by atoms with Crippen molar-refractivity contribution in [2.45, 2.75) is 12.5 Å². The van der Waals surface area contributed by atoms with E-state index < -0.39 is 0 Å². The Balaban J connectivity index is 1.72. The van der Waals surface area contributed by atoms with Crippen molar-refractivity contribution in [2.24, 2.45) is 5.10 Å². The van der Waals surface area contributed by atoms with Crippen molar-refractivity contribution in [1.29, 1.82) is 0 Å². The third kappa shape index (κ3) is 3.36. The molecule has 0 radical (unpaired) electrons. The second kappa shape index (κ2) is 6.90. The summed E-state index contributed by atoms with van der Waals surface area (Å²) < 4.78 is 6.97. The van der Waals surface area contributed by atoms with Gasteiger partial charge in [0.05, 0.1) is 16.6 Å². The van der Waals surface area contributed by atoms with Gasteiger partial charge in [-0.3, -0.25) is 4.79 Å². The van der Waals surface area contributed by atoms with Crippen molar-refractivity contribution in [3.63, 3.8) is 0 Å². The molecule has 3 heterocycles. The Morgan fingerprint density at radius 1 is 1.16 bits per heavy atom. The molecule has 1 amide bonds. The van der Waals surface area contributed by atoms with Crippen molar-refractivity contribution >= 4 is 54.8 Å². The normalized spacial score (nSPS) is 17.0. The largest absolute Gasteiger partial charge is 0.444 e. The lowest BCUT2D eigenvalue weighted by Crippen LogP contribution is -2.26. The highest BCUT2D eigenvalue weighted by Crippen LogP contribution is 2.35. The number of benzene rings is 1. The summed E-state index contributed by atoms with van der Waals surface area (Å²) in [7, 11) is 0. The lowest BCUT2D eigenvalue weighted by molar-refractivity contribution is 0.0677. The third-order valence-corrected chi connectivity index (χ3v) is 5.84. The van der Waals surface area contributed by atoms with Crippen LogP contribution in [0, 0.1) is 0 Å². The monoisotopic (exact) mass is 478 g/mol. The van der Waals surface area contributed by atoms with Crippen LogP contribution >= 0.6 is 43.2 Å². The molecule has 1 aliphatic heterocycles. The summed E-state index contributed by atoms with van der Waals surface area (Å²) in [4.78, 5) is 14.0. The number of carbonyl (C=O) groups excluding carboxylic acids is 1. The summed E-state index contributed by atoms with van der Waals surface area (Å²) >= 11 is 8.32. The molecule has 0 aliphatic carbocycles. The topological polar surface area (TPSA) is 45.8 Å². The van der Waals surface area contributed by atoms with E-state index in [4.69, 9.17) is 4.42 Å². The van der Waals surface area contributed by atoms with Crippen LogP contribution in [0.5, 0.6) is 0 Å². The first kappa shape index (κ1) is 16.8. The van der Waals surface area contributed by atoms with Gasteiger partial charge >= 0.3 is 5.91 Å². The molecule has 0 N–H and O–H groups in total. The molecule has 1 aromatic carbocycles. The van der Waals surface area contributed by atoms with E-state index in [-0.39, 0.29) is 17.7 Å². The number of halogens is 2. The second-order valence-corrected chi connectivity index (χ2v) is 8.19. The van der Waals surface area contributed by atoms with Gasteiger partial charge in [-0.1, -0.05) is 34.1 Å². The first-order chi connectivity index (χ1) is 12.1. The number of thiophene rings is 1. The average Bonchev–Trinajstić information content (AvgIpc) is 3.35. The third-order valence-electron chi connectivity index (χ3n) is 3.96. The standard InChI is InChI=1S/C18H12Br2N2O2S/c19-12-5-3-11(4-6-12)14-10-13(16-2-1-9-25-16)21-22(14)18(23)15-7-8-17(20)24-15/h1-9,14H,10H2/t14-/m1/s1. The summed E-state index contributed by atoms with van der Waals surface area (Å²) in [5.41, 5.74) is 1.96. The van der Waals surface area contributed by atoms with Crippen LogP contribution in [0.1, 0.15) is 33.5 Å². The highest BCUT2D eigenvalue weighted by Gasteiger charge is 2.35. The van der Waals surface area contributed by atoms with Crippen molar-refractivity contribution < 1.29 is 9.21 Å². The number of carbonyl (C=O) groups is 1. The average molecular weight is 480 g/mol. The van der Waals surface area contributed by atoms with E-state index in [1.165, 1.54) is 5.01 Å². The molecule has 1 aliphatic rings. The predicted octanol–water partition coefficient (Wildman–Crippen LogP) is 5.86. The number of hydrazone groups is 1. The molecule has 0 unspecified atom stereocenters. The second-order valence-electron chi connectivity index (χ2n) is 5.55. The van der Waals surface area contributed by atoms with Gasteiger partial charge < -0.3 is 4.42 Å². The van der Waals surface area contributed by atoms with E-state index in [9.17, 15) is 4.79 Å². The molecule has 126 valence electrons. The Morgan fingerprint density at radius 2 is 1.96 bits per heavy atom. The summed E-state index contributed by atoms with van der Waals surface area (Å²) in [6.07, 6.45) is 0.676. The van der Waals surface area contributed by atoms with Crippen LogP contribution in [-0.2, 0) is 0 Å². The van der Waals surface area contributed by atoms with Crippen LogP contribution in [0.3, 0.4) is 0 Å². The van der Waals surface area contributed by atoms with Gasteiger partial charge in [-0.2, -0.15) is 5.10 Å². The lowest BCUT2D eigenvalue weighted by atomic mass is 10.0. The van der Waals surface area contributed by atoms with Crippen LogP contribution in [-0.4, -0.2) is 16.6 Å². The zero-order chi connectivity index (χ0) is 17.4. The van der Waals surface area contributed by atoms with Crippen molar-refractivity contribution in [1.82, 2.24) is 5.01 Å². The molecule has 0 fully saturated rings. The molecule has 0 bridgehead atoms. The lowest BCUT2D eigenvalue weighted by Gasteiger charge is -2.21. The Labute approximate surface area is 165 Å². The quantitative estimate of drug-likeness (QED) is 0.472. The number of hydrogen-bond donors (Lipinski definition) is 0. The summed E-state index contributed by atoms with van der Waals surface area (Å²) in [6, 6.07) is 15.2. The van der Waals surface area contributed by atoms with Gasteiger partial charge in [-0.25, -0.2) is 5.01 Å². The van der Waals surface area contributed by atoms with Gasteiger partial charge in [-0.05, 0) is 57.2 Å². The molecular formula is C18H12Br2N2O2S. The maximum atomic E-state index is 12.9. The minimum absolute atomic E-state index is 0.151. The Morgan fingerprint density at radius 3 is 2.60 bits per heavy atom. The molecular weight excluding hydrogens is 468 g/mol. The summed E-state index contributed by atoms with van der Waals surface area (Å²) in [5, 5.41) is 8.17. The van der Waals surface area contributed by atoms with Crippen molar-refractivity contribution in [3.05, 3.63) is 79.3 Å². The van der Waals surface area contributed by atoms with Crippen LogP contribution in [0.25, 0.3) is 0 Å². The highest BCUT2D eigenvalue weighted by atomic mass is 79.9. The van der Waals surface area contributed by atoms with Gasteiger partial charge in [0.2, 0.25) is 0 Å². The first-order valence-corrected chi connectivity index (χ1v) is 10.0. The minimum atomic E-state index is -0.245. The van der Waals surface area contributed by atoms with Gasteiger partial charge in [0.25, 0.3) is 0 Å². The van der Waals surface area contributed by atoms with E-state index >= 15 is 0 Å². The first-order valence-electron chi connectivity index (χ1n) is 7.57. The van der Waals surface area contributed by atoms with Crippen molar-refractivity contribution in [3.8, 4) is 0 Å². The Bertz CT molecular complexity index is 932. The number of rotatable bonds is 3. The zero-order valence-electron chi connectivity index (χ0n) is 12.9. The molecule has 0 spiro atoms. The van der Waals surface area contributed by atoms with E-state index in [1.54, 1.807) is 23.5 Å². The molecule has 2 aromatic heterocycles. The molecule has 0 saturated carbocycles. The van der Waals surface area contributed by atoms with Crippen LogP contribution < -0.4 is 0 Å². The van der Waals surface area contributed by atoms with Gasteiger partial charge in [0, 0.05) is 10.9 Å². The van der Waals surface area contributed by atoms with Gasteiger partial charge in [0.15, 0.2) is 10.4 Å². The van der Waals surface area contributed by atoms with E-state index in [0.29, 0.717) is 11.1 Å². The maximum absolute atomic E-state index is 12.9. The Hall–Kier alpha value is -1.70. The number of hydrogen-bond acceptors (Lipinski definition) is 4. The van der Waals surface area contributed by atoms with Crippen LogP contribution in [0.4, 0.5) is 0 Å². The molecule has 4 rings (SSSR count). The van der Waals surface area contributed by atoms with E-state index in [0.717, 1.165) is 20.6 Å². The number of amides is 1. The molecule has 0 saturated heterocycles. The van der Waals surface area contributed by atoms with Gasteiger partial charge in [-0.15, -0.1) is 11.3 Å².